The molecule has 202 valence electrons. The minimum absolute atomic E-state index is 0.0575. The molecule has 5 heteroatoms. The van der Waals surface area contributed by atoms with Crippen LogP contribution >= 0.6 is 0 Å². The molecule has 0 atom stereocenters. The van der Waals surface area contributed by atoms with Gasteiger partial charge in [0.15, 0.2) is 0 Å². The molecule has 2 fully saturated rings. The predicted octanol–water partition coefficient (Wildman–Crippen LogP) is 5.90. The van der Waals surface area contributed by atoms with Crippen LogP contribution in [0.1, 0.15) is 58.6 Å². The third kappa shape index (κ3) is 5.47. The lowest BCUT2D eigenvalue weighted by molar-refractivity contribution is -0.0115. The Bertz CT molecular complexity index is 1200. The monoisotopic (exact) mass is 505 g/mol. The highest BCUT2D eigenvalue weighted by Gasteiger charge is 2.34. The second-order valence-corrected chi connectivity index (χ2v) is 12.3. The van der Waals surface area contributed by atoms with Crippen molar-refractivity contribution in [3.05, 3.63) is 47.5 Å². The molecule has 0 N–H and O–H groups in total. The molecule has 2 saturated heterocycles. The molecule has 0 bridgehead atoms. The third-order valence-corrected chi connectivity index (χ3v) is 8.84. The molecule has 3 aromatic rings. The lowest BCUT2D eigenvalue weighted by Gasteiger charge is -2.43. The van der Waals surface area contributed by atoms with Crippen molar-refractivity contribution < 1.29 is 9.47 Å². The summed E-state index contributed by atoms with van der Waals surface area (Å²) in [7, 11) is 0. The SMILES string of the molecule is CCCCn1c2ccccc2c2ccc(CC(C)(C)N3CCOCC3)c(CC(C)(C)N3CCOCC3)c21. The van der Waals surface area contributed by atoms with Gasteiger partial charge in [0.1, 0.15) is 0 Å². The summed E-state index contributed by atoms with van der Waals surface area (Å²) in [5.41, 5.74) is 6.03. The Hall–Kier alpha value is -1.92. The average molecular weight is 506 g/mol. The zero-order valence-corrected chi connectivity index (χ0v) is 23.8. The first-order chi connectivity index (χ1) is 17.8. The maximum absolute atomic E-state index is 5.71. The van der Waals surface area contributed by atoms with E-state index in [0.717, 1.165) is 72.0 Å². The van der Waals surface area contributed by atoms with Gasteiger partial charge in [-0.3, -0.25) is 9.80 Å². The second-order valence-electron chi connectivity index (χ2n) is 12.3. The van der Waals surface area contributed by atoms with Crippen molar-refractivity contribution in [2.24, 2.45) is 0 Å². The molecule has 0 amide bonds. The number of aromatic nitrogens is 1. The summed E-state index contributed by atoms with van der Waals surface area (Å²) in [6, 6.07) is 13.9. The standard InChI is InChI=1S/C32H47N3O2/c1-6-7-14-35-29-11-9-8-10-26(29)27-13-12-25(23-31(2,3)33-15-19-36-20-16-33)28(30(27)35)24-32(4,5)34-17-21-37-22-18-34/h8-13H,6-7,14-24H2,1-5H3. The quantitative estimate of drug-likeness (QED) is 0.362. The molecule has 0 radical (unpaired) electrons. The summed E-state index contributed by atoms with van der Waals surface area (Å²) in [5.74, 6) is 0. The first kappa shape index (κ1) is 26.7. The van der Waals surface area contributed by atoms with Crippen molar-refractivity contribution in [3.63, 3.8) is 0 Å². The van der Waals surface area contributed by atoms with E-state index in [1.54, 1.807) is 5.56 Å². The highest BCUT2D eigenvalue weighted by Crippen LogP contribution is 2.37. The second kappa shape index (κ2) is 11.1. The number of hydrogen-bond donors (Lipinski definition) is 0. The van der Waals surface area contributed by atoms with Crippen LogP contribution in [0.5, 0.6) is 0 Å². The fraction of sp³-hybridized carbons (Fsp3) is 0.625. The van der Waals surface area contributed by atoms with E-state index < -0.39 is 0 Å². The van der Waals surface area contributed by atoms with Crippen molar-refractivity contribution in [2.75, 3.05) is 52.6 Å². The van der Waals surface area contributed by atoms with Gasteiger partial charge in [-0.25, -0.2) is 0 Å². The van der Waals surface area contributed by atoms with Gasteiger partial charge in [0.25, 0.3) is 0 Å². The van der Waals surface area contributed by atoms with Crippen LogP contribution in [-0.2, 0) is 28.9 Å². The maximum Gasteiger partial charge on any atom is 0.0594 e. The van der Waals surface area contributed by atoms with Crippen LogP contribution in [0.3, 0.4) is 0 Å². The minimum Gasteiger partial charge on any atom is -0.379 e. The number of benzene rings is 2. The van der Waals surface area contributed by atoms with Gasteiger partial charge in [-0.2, -0.15) is 0 Å². The van der Waals surface area contributed by atoms with E-state index in [0.29, 0.717) is 0 Å². The highest BCUT2D eigenvalue weighted by atomic mass is 16.5. The van der Waals surface area contributed by atoms with E-state index in [1.165, 1.54) is 40.2 Å². The number of nitrogens with zero attached hydrogens (tertiary/aromatic N) is 3. The largest absolute Gasteiger partial charge is 0.379 e. The number of ether oxygens (including phenoxy) is 2. The van der Waals surface area contributed by atoms with E-state index in [4.69, 9.17) is 9.47 Å². The lowest BCUT2D eigenvalue weighted by Crippen LogP contribution is -2.52. The van der Waals surface area contributed by atoms with Crippen molar-refractivity contribution in [1.29, 1.82) is 0 Å². The first-order valence-electron chi connectivity index (χ1n) is 14.5. The molecular weight excluding hydrogens is 458 g/mol. The minimum atomic E-state index is 0.0575. The number of hydrogen-bond acceptors (Lipinski definition) is 4. The molecule has 5 rings (SSSR count). The van der Waals surface area contributed by atoms with Crippen LogP contribution in [0, 0.1) is 0 Å². The molecule has 37 heavy (non-hydrogen) atoms. The molecule has 2 aliphatic heterocycles. The Labute approximate surface area is 223 Å². The number of unbranched alkanes of at least 4 members (excludes halogenated alkanes) is 1. The van der Waals surface area contributed by atoms with Gasteiger partial charge in [0.05, 0.1) is 31.9 Å². The smallest absolute Gasteiger partial charge is 0.0594 e. The Morgan fingerprint density at radius 2 is 1.32 bits per heavy atom. The Balaban J connectivity index is 1.65. The first-order valence-corrected chi connectivity index (χ1v) is 14.5. The van der Waals surface area contributed by atoms with Gasteiger partial charge in [-0.1, -0.05) is 43.7 Å². The van der Waals surface area contributed by atoms with E-state index in [1.807, 2.05) is 0 Å². The molecule has 3 heterocycles. The molecule has 0 aliphatic carbocycles. The Morgan fingerprint density at radius 3 is 1.95 bits per heavy atom. The van der Waals surface area contributed by atoms with Gasteiger partial charge in [0, 0.05) is 60.1 Å². The number of rotatable bonds is 9. The van der Waals surface area contributed by atoms with Crippen LogP contribution in [0.25, 0.3) is 21.8 Å². The number of para-hydroxylation sites is 1. The summed E-state index contributed by atoms with van der Waals surface area (Å²) in [6.45, 7) is 20.5. The maximum atomic E-state index is 5.71. The summed E-state index contributed by atoms with van der Waals surface area (Å²) in [6.07, 6.45) is 4.49. The molecule has 2 aliphatic rings. The number of morpholine rings is 2. The normalized spacial score (nSPS) is 18.7. The fourth-order valence-electron chi connectivity index (χ4n) is 6.63. The highest BCUT2D eigenvalue weighted by molar-refractivity contribution is 6.09. The van der Waals surface area contributed by atoms with Gasteiger partial charge in [-0.15, -0.1) is 0 Å². The zero-order chi connectivity index (χ0) is 26.0. The van der Waals surface area contributed by atoms with Crippen molar-refractivity contribution >= 4 is 21.8 Å². The number of fused-ring (bicyclic) bond motifs is 3. The molecule has 0 spiro atoms. The van der Waals surface area contributed by atoms with E-state index >= 15 is 0 Å². The third-order valence-electron chi connectivity index (χ3n) is 8.84. The summed E-state index contributed by atoms with van der Waals surface area (Å²) in [4.78, 5) is 5.27. The molecule has 0 saturated carbocycles. The predicted molar refractivity (Wildman–Crippen MR) is 155 cm³/mol. The summed E-state index contributed by atoms with van der Waals surface area (Å²) >= 11 is 0. The van der Waals surface area contributed by atoms with E-state index in [-0.39, 0.29) is 11.1 Å². The Morgan fingerprint density at radius 1 is 0.730 bits per heavy atom. The van der Waals surface area contributed by atoms with Crippen molar-refractivity contribution in [3.8, 4) is 0 Å². The van der Waals surface area contributed by atoms with Crippen LogP contribution < -0.4 is 0 Å². The molecular formula is C32H47N3O2. The van der Waals surface area contributed by atoms with Gasteiger partial charge in [0.2, 0.25) is 0 Å². The van der Waals surface area contributed by atoms with Crippen LogP contribution in [0.15, 0.2) is 36.4 Å². The average Bonchev–Trinajstić information content (AvgIpc) is 3.23. The summed E-state index contributed by atoms with van der Waals surface area (Å²) in [5, 5.41) is 2.80. The Kier molecular flexibility index (Phi) is 7.97. The van der Waals surface area contributed by atoms with Gasteiger partial charge >= 0.3 is 0 Å². The zero-order valence-electron chi connectivity index (χ0n) is 23.8. The molecule has 0 unspecified atom stereocenters. The molecule has 1 aromatic heterocycles. The topological polar surface area (TPSA) is 29.9 Å². The van der Waals surface area contributed by atoms with Crippen molar-refractivity contribution in [1.82, 2.24) is 14.4 Å². The van der Waals surface area contributed by atoms with Crippen LogP contribution in [-0.4, -0.2) is 78.1 Å². The van der Waals surface area contributed by atoms with Gasteiger partial charge < -0.3 is 14.0 Å². The lowest BCUT2D eigenvalue weighted by atomic mass is 9.83. The van der Waals surface area contributed by atoms with Crippen molar-refractivity contribution in [2.45, 2.75) is 77.9 Å². The van der Waals surface area contributed by atoms with Crippen LogP contribution in [0.2, 0.25) is 0 Å². The fourth-order valence-corrected chi connectivity index (χ4v) is 6.63. The van der Waals surface area contributed by atoms with Gasteiger partial charge in [-0.05, 0) is 64.2 Å². The molecule has 5 nitrogen and oxygen atoms in total. The summed E-state index contributed by atoms with van der Waals surface area (Å²) < 4.78 is 14.0. The van der Waals surface area contributed by atoms with Crippen LogP contribution in [0.4, 0.5) is 0 Å². The molecule has 2 aromatic carbocycles. The van der Waals surface area contributed by atoms with E-state index in [9.17, 15) is 0 Å². The number of aryl methyl sites for hydroxylation is 1. The van der Waals surface area contributed by atoms with E-state index in [2.05, 4.69) is 85.4 Å².